The summed E-state index contributed by atoms with van der Waals surface area (Å²) in [4.78, 5) is 16.9. The molecule has 1 fully saturated rings. The van der Waals surface area contributed by atoms with Gasteiger partial charge >= 0.3 is 13.1 Å². The van der Waals surface area contributed by atoms with E-state index in [2.05, 4.69) is 27.6 Å². The molecule has 1 aliphatic rings. The molecule has 0 N–H and O–H groups in total. The van der Waals surface area contributed by atoms with Crippen LogP contribution in [-0.2, 0) is 20.6 Å². The molecule has 7 nitrogen and oxygen atoms in total. The Kier molecular flexibility index (Phi) is 6.26. The summed E-state index contributed by atoms with van der Waals surface area (Å²) < 4.78 is 24.5. The molecule has 0 aliphatic carbocycles. The summed E-state index contributed by atoms with van der Waals surface area (Å²) in [5, 5.41) is 0. The number of methoxy groups -OCH3 is 1. The number of hydrogen-bond acceptors (Lipinski definition) is 6. The van der Waals surface area contributed by atoms with Crippen LogP contribution in [0.2, 0.25) is 0 Å². The lowest BCUT2D eigenvalue weighted by molar-refractivity contribution is 0.0602. The topological polar surface area (TPSA) is 71.8 Å². The molecule has 4 rings (SSSR count). The van der Waals surface area contributed by atoms with Crippen molar-refractivity contribution >= 4 is 52.2 Å². The molecule has 0 amide bonds. The van der Waals surface area contributed by atoms with Crippen molar-refractivity contribution in [3.8, 4) is 6.01 Å². The molecule has 3 aromatic rings. The Labute approximate surface area is 201 Å². The van der Waals surface area contributed by atoms with Gasteiger partial charge in [0.15, 0.2) is 0 Å². The number of para-hydroxylation sites is 1. The molecule has 0 spiro atoms. The third kappa shape index (κ3) is 4.13. The predicted molar refractivity (Wildman–Crippen MR) is 132 cm³/mol. The maximum absolute atomic E-state index is 12.4. The predicted octanol–water partition coefficient (Wildman–Crippen LogP) is 3.94. The number of ether oxygens (including phenoxy) is 2. The summed E-state index contributed by atoms with van der Waals surface area (Å²) in [6, 6.07) is 13.9. The van der Waals surface area contributed by atoms with E-state index in [-0.39, 0.29) is 0 Å². The van der Waals surface area contributed by atoms with Gasteiger partial charge in [-0.3, -0.25) is 4.57 Å². The van der Waals surface area contributed by atoms with Gasteiger partial charge in [-0.1, -0.05) is 30.3 Å². The first-order valence-corrected chi connectivity index (χ1v) is 11.6. The van der Waals surface area contributed by atoms with Crippen LogP contribution in [0.4, 0.5) is 0 Å². The zero-order valence-electron chi connectivity index (χ0n) is 18.8. The van der Waals surface area contributed by atoms with E-state index in [0.717, 1.165) is 11.0 Å². The van der Waals surface area contributed by atoms with Crippen LogP contribution in [0.25, 0.3) is 11.0 Å². The number of benzene rings is 2. The lowest BCUT2D eigenvalue weighted by Gasteiger charge is -2.30. The van der Waals surface area contributed by atoms with Gasteiger partial charge in [-0.25, -0.2) is 4.79 Å². The van der Waals surface area contributed by atoms with Crippen LogP contribution < -0.4 is 10.2 Å². The van der Waals surface area contributed by atoms with Crippen molar-refractivity contribution in [2.45, 2.75) is 43.4 Å². The first-order chi connectivity index (χ1) is 15.2. The molecular weight excluding hydrogens is 522 g/mol. The Morgan fingerprint density at radius 1 is 1.16 bits per heavy atom. The van der Waals surface area contributed by atoms with Crippen molar-refractivity contribution in [1.29, 1.82) is 0 Å². The number of fused-ring (bicyclic) bond motifs is 1. The van der Waals surface area contributed by atoms with E-state index < -0.39 is 22.3 Å². The van der Waals surface area contributed by atoms with Gasteiger partial charge in [-0.05, 0) is 73.4 Å². The number of esters is 1. The number of aromatic nitrogens is 2. The second-order valence-corrected chi connectivity index (χ2v) is 10.4. The van der Waals surface area contributed by atoms with Gasteiger partial charge in [-0.15, -0.1) is 0 Å². The highest BCUT2D eigenvalue weighted by atomic mass is 127. The van der Waals surface area contributed by atoms with Crippen LogP contribution in [0.3, 0.4) is 0 Å². The van der Waals surface area contributed by atoms with Gasteiger partial charge in [0.25, 0.3) is 6.01 Å². The molecule has 1 aliphatic heterocycles. The third-order valence-electron chi connectivity index (χ3n) is 5.81. The maximum atomic E-state index is 12.4. The maximum Gasteiger partial charge on any atom is 0.495 e. The van der Waals surface area contributed by atoms with Gasteiger partial charge in [0.1, 0.15) is 3.61 Å². The molecule has 1 saturated heterocycles. The molecule has 0 bridgehead atoms. The zero-order chi connectivity index (χ0) is 23.1. The Balaban J connectivity index is 1.66. The summed E-state index contributed by atoms with van der Waals surface area (Å²) in [6.45, 7) is 8.96. The molecule has 168 valence electrons. The van der Waals surface area contributed by atoms with Crippen LogP contribution in [-0.4, -0.2) is 45.6 Å². The standard InChI is InChI=1S/C23H26BIN2O5/c1-6-30-21-26-18-9-7-8-17(20(28)29-5)19(18)27(21)14-15-10-12-16(13-11-15)24-31-22(2,3)23(4,25)32-24/h7-13H,6,14H2,1-5H3. The number of nitrogens with zero attached hydrogens (tertiary/aromatic N) is 2. The monoisotopic (exact) mass is 548 g/mol. The Bertz CT molecular complexity index is 1130. The third-order valence-corrected chi connectivity index (χ3v) is 7.36. The molecule has 0 saturated carbocycles. The largest absolute Gasteiger partial charge is 0.495 e. The summed E-state index contributed by atoms with van der Waals surface area (Å²) in [7, 11) is 0.958. The number of imidazole rings is 1. The Morgan fingerprint density at radius 3 is 2.47 bits per heavy atom. The average Bonchev–Trinajstić information content (AvgIpc) is 3.21. The number of carbonyl (C=O) groups is 1. The first kappa shape index (κ1) is 23.1. The summed E-state index contributed by atoms with van der Waals surface area (Å²) in [6.07, 6.45) is 0. The van der Waals surface area contributed by atoms with E-state index in [9.17, 15) is 4.79 Å². The minimum Gasteiger partial charge on any atom is -0.465 e. The molecule has 0 radical (unpaired) electrons. The molecule has 32 heavy (non-hydrogen) atoms. The summed E-state index contributed by atoms with van der Waals surface area (Å²) >= 11 is 2.29. The fourth-order valence-corrected chi connectivity index (χ4v) is 4.02. The van der Waals surface area contributed by atoms with E-state index in [1.165, 1.54) is 7.11 Å². The summed E-state index contributed by atoms with van der Waals surface area (Å²) in [5.41, 5.74) is 3.42. The second kappa shape index (κ2) is 8.68. The van der Waals surface area contributed by atoms with Crippen molar-refractivity contribution in [2.75, 3.05) is 13.7 Å². The molecule has 2 aromatic carbocycles. The van der Waals surface area contributed by atoms with Crippen molar-refractivity contribution in [3.63, 3.8) is 0 Å². The van der Waals surface area contributed by atoms with Gasteiger partial charge in [0.05, 0.1) is 42.5 Å². The number of carbonyl (C=O) groups excluding carboxylic acids is 1. The smallest absolute Gasteiger partial charge is 0.465 e. The van der Waals surface area contributed by atoms with Gasteiger partial charge < -0.3 is 18.8 Å². The Morgan fingerprint density at radius 2 is 1.88 bits per heavy atom. The first-order valence-electron chi connectivity index (χ1n) is 10.5. The van der Waals surface area contributed by atoms with Gasteiger partial charge in [-0.2, -0.15) is 4.98 Å². The van der Waals surface area contributed by atoms with Crippen LogP contribution in [0.5, 0.6) is 6.01 Å². The zero-order valence-corrected chi connectivity index (χ0v) is 21.0. The van der Waals surface area contributed by atoms with E-state index in [0.29, 0.717) is 35.8 Å². The van der Waals surface area contributed by atoms with Crippen LogP contribution in [0.1, 0.15) is 43.6 Å². The van der Waals surface area contributed by atoms with Crippen molar-refractivity contribution in [1.82, 2.24) is 9.55 Å². The van der Waals surface area contributed by atoms with E-state index in [1.54, 1.807) is 12.1 Å². The van der Waals surface area contributed by atoms with E-state index in [4.69, 9.17) is 18.8 Å². The van der Waals surface area contributed by atoms with Crippen LogP contribution >= 0.6 is 22.6 Å². The number of rotatable bonds is 6. The highest BCUT2D eigenvalue weighted by Gasteiger charge is 2.53. The lowest BCUT2D eigenvalue weighted by Crippen LogP contribution is -2.38. The highest BCUT2D eigenvalue weighted by molar-refractivity contribution is 14.1. The molecule has 2 heterocycles. The minimum atomic E-state index is -0.417. The SMILES string of the molecule is CCOc1nc2cccc(C(=O)OC)c2n1Cc1ccc(B2OC(C)(C)C(C)(I)O2)cc1. The fourth-order valence-electron chi connectivity index (χ4n) is 3.66. The van der Waals surface area contributed by atoms with Gasteiger partial charge in [0.2, 0.25) is 0 Å². The van der Waals surface area contributed by atoms with Crippen molar-refractivity contribution in [3.05, 3.63) is 53.6 Å². The fraction of sp³-hybridized carbons (Fsp3) is 0.391. The quantitative estimate of drug-likeness (QED) is 0.201. The number of hydrogen-bond donors (Lipinski definition) is 0. The molecule has 1 aromatic heterocycles. The van der Waals surface area contributed by atoms with Crippen LogP contribution in [0, 0.1) is 0 Å². The molecule has 1 unspecified atom stereocenters. The number of halogens is 1. The van der Waals surface area contributed by atoms with Crippen molar-refractivity contribution < 1.29 is 23.6 Å². The minimum absolute atomic E-state index is 0.400. The highest BCUT2D eigenvalue weighted by Crippen LogP contribution is 2.42. The average molecular weight is 548 g/mol. The normalized spacial score (nSPS) is 20.0. The second-order valence-electron chi connectivity index (χ2n) is 8.31. The van der Waals surface area contributed by atoms with E-state index >= 15 is 0 Å². The molecule has 9 heteroatoms. The number of alkyl halides is 1. The lowest BCUT2D eigenvalue weighted by atomic mass is 9.79. The van der Waals surface area contributed by atoms with Crippen LogP contribution in [0.15, 0.2) is 42.5 Å². The Hall–Kier alpha value is -2.11. The summed E-state index contributed by atoms with van der Waals surface area (Å²) in [5.74, 6) is -0.407. The van der Waals surface area contributed by atoms with Gasteiger partial charge in [0, 0.05) is 0 Å². The van der Waals surface area contributed by atoms with E-state index in [1.807, 2.05) is 62.6 Å². The molecular formula is C23H26BIN2O5. The van der Waals surface area contributed by atoms with Crippen molar-refractivity contribution in [2.24, 2.45) is 0 Å². The molecule has 1 atom stereocenters.